The fourth-order valence-electron chi connectivity index (χ4n) is 2.34. The number of hydrogen-bond donors (Lipinski definition) is 1. The van der Waals surface area contributed by atoms with Gasteiger partial charge in [-0.15, -0.1) is 0 Å². The van der Waals surface area contributed by atoms with E-state index in [9.17, 15) is 4.79 Å². The van der Waals surface area contributed by atoms with Gasteiger partial charge in [-0.1, -0.05) is 17.3 Å². The SMILES string of the molecule is CSCc1noc(CNC(=O)c2ccc(-c3nc(C)nn3C)cc2)n1. The monoisotopic (exact) mass is 358 g/mol. The highest BCUT2D eigenvalue weighted by atomic mass is 32.2. The third-order valence-electron chi connectivity index (χ3n) is 3.46. The predicted octanol–water partition coefficient (Wildman–Crippen LogP) is 1.97. The van der Waals surface area contributed by atoms with E-state index in [0.29, 0.717) is 28.9 Å². The number of amides is 1. The summed E-state index contributed by atoms with van der Waals surface area (Å²) >= 11 is 1.61. The van der Waals surface area contributed by atoms with Crippen LogP contribution in [0.2, 0.25) is 0 Å². The lowest BCUT2D eigenvalue weighted by Gasteiger charge is -2.04. The molecule has 0 saturated heterocycles. The van der Waals surface area contributed by atoms with E-state index >= 15 is 0 Å². The predicted molar refractivity (Wildman–Crippen MR) is 93.9 cm³/mol. The van der Waals surface area contributed by atoms with Crippen molar-refractivity contribution in [3.8, 4) is 11.4 Å². The second-order valence-electron chi connectivity index (χ2n) is 5.40. The number of aromatic nitrogens is 5. The van der Waals surface area contributed by atoms with Gasteiger partial charge in [-0.3, -0.25) is 4.79 Å². The highest BCUT2D eigenvalue weighted by molar-refractivity contribution is 7.97. The van der Waals surface area contributed by atoms with Crippen LogP contribution in [0, 0.1) is 6.92 Å². The summed E-state index contributed by atoms with van der Waals surface area (Å²) in [5, 5.41) is 10.8. The summed E-state index contributed by atoms with van der Waals surface area (Å²) in [4.78, 5) is 20.8. The Bertz CT molecular complexity index is 871. The Labute approximate surface area is 149 Å². The van der Waals surface area contributed by atoms with Crippen LogP contribution in [0.5, 0.6) is 0 Å². The number of rotatable bonds is 6. The molecule has 25 heavy (non-hydrogen) atoms. The Morgan fingerprint density at radius 2 is 2.04 bits per heavy atom. The zero-order chi connectivity index (χ0) is 17.8. The summed E-state index contributed by atoms with van der Waals surface area (Å²) < 4.78 is 6.80. The number of aryl methyl sites for hydroxylation is 2. The average molecular weight is 358 g/mol. The van der Waals surface area contributed by atoms with Crippen LogP contribution in [0.25, 0.3) is 11.4 Å². The maximum atomic E-state index is 12.2. The molecule has 0 aliphatic rings. The molecule has 0 aliphatic carbocycles. The van der Waals surface area contributed by atoms with Gasteiger partial charge in [-0.2, -0.15) is 21.8 Å². The van der Waals surface area contributed by atoms with Crippen molar-refractivity contribution < 1.29 is 9.32 Å². The number of nitrogens with one attached hydrogen (secondary N) is 1. The maximum absolute atomic E-state index is 12.2. The Morgan fingerprint density at radius 1 is 1.28 bits per heavy atom. The molecule has 130 valence electrons. The van der Waals surface area contributed by atoms with Gasteiger partial charge >= 0.3 is 0 Å². The zero-order valence-corrected chi connectivity index (χ0v) is 15.0. The second-order valence-corrected chi connectivity index (χ2v) is 6.27. The second kappa shape index (κ2) is 7.47. The van der Waals surface area contributed by atoms with Crippen LogP contribution in [0.1, 0.15) is 27.9 Å². The van der Waals surface area contributed by atoms with Crippen LogP contribution in [0.15, 0.2) is 28.8 Å². The lowest BCUT2D eigenvalue weighted by atomic mass is 10.1. The molecule has 0 bridgehead atoms. The molecule has 3 rings (SSSR count). The third-order valence-corrected chi connectivity index (χ3v) is 4.00. The molecule has 2 aromatic heterocycles. The summed E-state index contributed by atoms with van der Waals surface area (Å²) in [6.45, 7) is 2.04. The molecule has 1 amide bonds. The molecule has 0 aliphatic heterocycles. The molecule has 9 heteroatoms. The van der Waals surface area contributed by atoms with Crippen LogP contribution < -0.4 is 5.32 Å². The maximum Gasteiger partial charge on any atom is 0.251 e. The average Bonchev–Trinajstić information content (AvgIpc) is 3.19. The van der Waals surface area contributed by atoms with E-state index < -0.39 is 0 Å². The molecular weight excluding hydrogens is 340 g/mol. The molecule has 0 radical (unpaired) electrons. The summed E-state index contributed by atoms with van der Waals surface area (Å²) in [5.41, 5.74) is 1.45. The topological polar surface area (TPSA) is 98.7 Å². The lowest BCUT2D eigenvalue weighted by Crippen LogP contribution is -2.22. The van der Waals surface area contributed by atoms with E-state index in [0.717, 1.165) is 11.4 Å². The van der Waals surface area contributed by atoms with E-state index in [-0.39, 0.29) is 12.5 Å². The van der Waals surface area contributed by atoms with E-state index in [4.69, 9.17) is 4.52 Å². The van der Waals surface area contributed by atoms with Gasteiger partial charge in [0.15, 0.2) is 11.6 Å². The van der Waals surface area contributed by atoms with E-state index in [1.54, 1.807) is 28.6 Å². The molecule has 1 N–H and O–H groups in total. The number of nitrogens with zero attached hydrogens (tertiary/aromatic N) is 5. The fourth-order valence-corrected chi connectivity index (χ4v) is 2.72. The standard InChI is InChI=1S/C16H18N6O2S/c1-10-18-15(22(2)20-10)11-4-6-12(7-5-11)16(23)17-8-14-19-13(9-25-3)21-24-14/h4-7H,8-9H2,1-3H3,(H,17,23). The van der Waals surface area contributed by atoms with Crippen LogP contribution in [0.4, 0.5) is 0 Å². The van der Waals surface area contributed by atoms with Crippen molar-refractivity contribution in [3.63, 3.8) is 0 Å². The first-order valence-corrected chi connectivity index (χ1v) is 9.03. The molecule has 0 atom stereocenters. The molecule has 3 aromatic rings. The molecule has 2 heterocycles. The quantitative estimate of drug-likeness (QED) is 0.719. The van der Waals surface area contributed by atoms with Gasteiger partial charge in [-0.05, 0) is 25.3 Å². The number of hydrogen-bond acceptors (Lipinski definition) is 7. The largest absolute Gasteiger partial charge is 0.343 e. The van der Waals surface area contributed by atoms with Crippen LogP contribution >= 0.6 is 11.8 Å². The van der Waals surface area contributed by atoms with Gasteiger partial charge in [0.1, 0.15) is 5.82 Å². The molecule has 8 nitrogen and oxygen atoms in total. The minimum atomic E-state index is -0.203. The number of carbonyl (C=O) groups excluding carboxylic acids is 1. The van der Waals surface area contributed by atoms with Gasteiger partial charge < -0.3 is 9.84 Å². The number of carbonyl (C=O) groups is 1. The van der Waals surface area contributed by atoms with E-state index in [1.807, 2.05) is 32.4 Å². The first-order valence-electron chi connectivity index (χ1n) is 7.63. The zero-order valence-electron chi connectivity index (χ0n) is 14.2. The highest BCUT2D eigenvalue weighted by Crippen LogP contribution is 2.17. The third kappa shape index (κ3) is 4.05. The fraction of sp³-hybridized carbons (Fsp3) is 0.312. The highest BCUT2D eigenvalue weighted by Gasteiger charge is 2.11. The minimum absolute atomic E-state index is 0.199. The van der Waals surface area contributed by atoms with Crippen molar-refractivity contribution in [1.82, 2.24) is 30.2 Å². The smallest absolute Gasteiger partial charge is 0.251 e. The van der Waals surface area contributed by atoms with Crippen molar-refractivity contribution in [1.29, 1.82) is 0 Å². The lowest BCUT2D eigenvalue weighted by molar-refractivity contribution is 0.0946. The Kier molecular flexibility index (Phi) is 5.13. The van der Waals surface area contributed by atoms with Crippen LogP contribution in [0.3, 0.4) is 0 Å². The molecule has 0 saturated carbocycles. The van der Waals surface area contributed by atoms with Gasteiger partial charge in [0.05, 0.1) is 12.3 Å². The summed E-state index contributed by atoms with van der Waals surface area (Å²) in [7, 11) is 1.84. The molecular formula is C16H18N6O2S. The van der Waals surface area contributed by atoms with Crippen molar-refractivity contribution in [3.05, 3.63) is 47.4 Å². The van der Waals surface area contributed by atoms with Gasteiger partial charge in [0, 0.05) is 18.2 Å². The van der Waals surface area contributed by atoms with Crippen molar-refractivity contribution in [2.24, 2.45) is 7.05 Å². The molecule has 0 unspecified atom stereocenters. The Balaban J connectivity index is 1.63. The van der Waals surface area contributed by atoms with Crippen molar-refractivity contribution in [2.75, 3.05) is 6.26 Å². The first-order chi connectivity index (χ1) is 12.1. The summed E-state index contributed by atoms with van der Waals surface area (Å²) in [5.74, 6) is 2.96. The van der Waals surface area contributed by atoms with E-state index in [2.05, 4.69) is 25.5 Å². The molecule has 1 aromatic carbocycles. The van der Waals surface area contributed by atoms with Crippen molar-refractivity contribution >= 4 is 17.7 Å². The van der Waals surface area contributed by atoms with Crippen molar-refractivity contribution in [2.45, 2.75) is 19.2 Å². The molecule has 0 spiro atoms. The van der Waals surface area contributed by atoms with Crippen LogP contribution in [-0.4, -0.2) is 37.1 Å². The normalized spacial score (nSPS) is 10.8. The summed E-state index contributed by atoms with van der Waals surface area (Å²) in [6.07, 6.45) is 1.96. The Hall–Kier alpha value is -2.68. The molecule has 0 fully saturated rings. The minimum Gasteiger partial charge on any atom is -0.343 e. The number of benzene rings is 1. The Morgan fingerprint density at radius 3 is 2.68 bits per heavy atom. The van der Waals surface area contributed by atoms with E-state index in [1.165, 1.54) is 0 Å². The van der Waals surface area contributed by atoms with Gasteiger partial charge in [0.2, 0.25) is 5.89 Å². The van der Waals surface area contributed by atoms with Crippen LogP contribution in [-0.2, 0) is 19.3 Å². The number of thioether (sulfide) groups is 1. The van der Waals surface area contributed by atoms with Gasteiger partial charge in [0.25, 0.3) is 5.91 Å². The van der Waals surface area contributed by atoms with Gasteiger partial charge in [-0.25, -0.2) is 9.67 Å². The first kappa shape index (κ1) is 17.2. The summed E-state index contributed by atoms with van der Waals surface area (Å²) in [6, 6.07) is 7.20.